The van der Waals surface area contributed by atoms with E-state index in [1.807, 2.05) is 20.8 Å². The number of esters is 1. The summed E-state index contributed by atoms with van der Waals surface area (Å²) in [6, 6.07) is 0. The monoisotopic (exact) mass is 232 g/mol. The molecule has 94 valence electrons. The molecule has 0 aromatic rings. The molecule has 0 spiro atoms. The van der Waals surface area contributed by atoms with E-state index in [2.05, 4.69) is 15.4 Å². The molecular formula is C10H20N2O4. The Morgan fingerprint density at radius 1 is 1.38 bits per heavy atom. The molecule has 1 atom stereocenters. The Balaban J connectivity index is 3.78. The molecular weight excluding hydrogens is 212 g/mol. The normalized spacial score (nSPS) is 13.1. The van der Waals surface area contributed by atoms with Gasteiger partial charge in [0.05, 0.1) is 20.2 Å². The molecule has 1 unspecified atom stereocenters. The van der Waals surface area contributed by atoms with Gasteiger partial charge in [0.15, 0.2) is 6.10 Å². The number of carbonyl (C=O) groups excluding carboxylic acids is 2. The molecule has 0 aliphatic carbocycles. The molecule has 6 nitrogen and oxygen atoms in total. The van der Waals surface area contributed by atoms with Crippen LogP contribution in [0.3, 0.4) is 0 Å². The molecule has 0 heterocycles. The lowest BCUT2D eigenvalue weighted by atomic mass is 10.1. The van der Waals surface area contributed by atoms with E-state index in [0.717, 1.165) is 0 Å². The van der Waals surface area contributed by atoms with Gasteiger partial charge in [-0.1, -0.05) is 0 Å². The number of aliphatic hydroxyl groups is 1. The predicted octanol–water partition coefficient (Wildman–Crippen LogP) is -0.975. The predicted molar refractivity (Wildman–Crippen MR) is 58.8 cm³/mol. The lowest BCUT2D eigenvalue weighted by molar-refractivity contribution is -0.150. The van der Waals surface area contributed by atoms with E-state index in [4.69, 9.17) is 0 Å². The van der Waals surface area contributed by atoms with Crippen LogP contribution in [-0.2, 0) is 14.3 Å². The molecule has 0 saturated heterocycles. The van der Waals surface area contributed by atoms with E-state index >= 15 is 0 Å². The van der Waals surface area contributed by atoms with Crippen molar-refractivity contribution in [2.24, 2.45) is 0 Å². The number of ether oxygens (including phenoxy) is 1. The average Bonchev–Trinajstić information content (AvgIpc) is 2.20. The number of amides is 1. The van der Waals surface area contributed by atoms with Crippen molar-refractivity contribution in [2.45, 2.75) is 32.4 Å². The number of methoxy groups -OCH3 is 1. The molecule has 0 saturated carbocycles. The third-order valence-corrected chi connectivity index (χ3v) is 1.75. The van der Waals surface area contributed by atoms with E-state index in [0.29, 0.717) is 0 Å². The number of hydrogen-bond acceptors (Lipinski definition) is 5. The number of carbonyl (C=O) groups is 2. The zero-order valence-electron chi connectivity index (χ0n) is 10.2. The zero-order valence-corrected chi connectivity index (χ0v) is 10.2. The second-order valence-electron chi connectivity index (χ2n) is 4.45. The topological polar surface area (TPSA) is 87.7 Å². The van der Waals surface area contributed by atoms with Gasteiger partial charge < -0.3 is 20.5 Å². The van der Waals surface area contributed by atoms with Gasteiger partial charge in [-0.2, -0.15) is 0 Å². The maximum absolute atomic E-state index is 11.3. The van der Waals surface area contributed by atoms with Gasteiger partial charge in [0.1, 0.15) is 0 Å². The molecule has 0 rings (SSSR count). The molecule has 0 fully saturated rings. The largest absolute Gasteiger partial charge is 0.467 e. The van der Waals surface area contributed by atoms with Crippen LogP contribution in [0.4, 0.5) is 0 Å². The van der Waals surface area contributed by atoms with E-state index in [-0.39, 0.29) is 24.5 Å². The fourth-order valence-electron chi connectivity index (χ4n) is 0.838. The Hall–Kier alpha value is -1.14. The van der Waals surface area contributed by atoms with Gasteiger partial charge in [0.2, 0.25) is 5.91 Å². The molecule has 0 aromatic carbocycles. The number of aliphatic hydroxyl groups excluding tert-OH is 1. The smallest absolute Gasteiger partial charge is 0.336 e. The zero-order chi connectivity index (χ0) is 12.8. The van der Waals surface area contributed by atoms with Crippen molar-refractivity contribution in [3.05, 3.63) is 0 Å². The van der Waals surface area contributed by atoms with Crippen LogP contribution in [0.5, 0.6) is 0 Å². The summed E-state index contributed by atoms with van der Waals surface area (Å²) in [6.07, 6.45) is -1.32. The summed E-state index contributed by atoms with van der Waals surface area (Å²) in [4.78, 5) is 22.1. The van der Waals surface area contributed by atoms with Crippen LogP contribution in [0.2, 0.25) is 0 Å². The second kappa shape index (κ2) is 6.44. The van der Waals surface area contributed by atoms with Crippen molar-refractivity contribution in [3.63, 3.8) is 0 Å². The van der Waals surface area contributed by atoms with Gasteiger partial charge >= 0.3 is 5.97 Å². The van der Waals surface area contributed by atoms with Crippen LogP contribution in [0.1, 0.15) is 20.8 Å². The Kier molecular flexibility index (Phi) is 5.98. The Morgan fingerprint density at radius 3 is 2.38 bits per heavy atom. The van der Waals surface area contributed by atoms with E-state index in [9.17, 15) is 14.7 Å². The van der Waals surface area contributed by atoms with E-state index in [1.165, 1.54) is 7.11 Å². The Bertz CT molecular complexity index is 248. The Labute approximate surface area is 95.4 Å². The molecule has 1 amide bonds. The molecule has 0 aliphatic heterocycles. The number of hydrogen-bond donors (Lipinski definition) is 3. The molecule has 6 heteroatoms. The maximum atomic E-state index is 11.3. The lowest BCUT2D eigenvalue weighted by Crippen LogP contribution is -2.45. The minimum Gasteiger partial charge on any atom is -0.467 e. The second-order valence-corrected chi connectivity index (χ2v) is 4.45. The van der Waals surface area contributed by atoms with Gasteiger partial charge in [-0.3, -0.25) is 4.79 Å². The van der Waals surface area contributed by atoms with Crippen molar-refractivity contribution >= 4 is 11.9 Å². The molecule has 0 aliphatic rings. The van der Waals surface area contributed by atoms with Gasteiger partial charge in [0, 0.05) is 5.54 Å². The van der Waals surface area contributed by atoms with Gasteiger partial charge in [-0.25, -0.2) is 4.79 Å². The molecule has 0 aromatic heterocycles. The summed E-state index contributed by atoms with van der Waals surface area (Å²) in [5.41, 5.74) is -0.154. The van der Waals surface area contributed by atoms with Crippen molar-refractivity contribution in [1.29, 1.82) is 0 Å². The lowest BCUT2D eigenvalue weighted by Gasteiger charge is -2.20. The average molecular weight is 232 g/mol. The standard InChI is InChI=1S/C10H20N2O4/c1-10(2,3)12-6-8(14)11-5-7(13)9(15)16-4/h7,12-13H,5-6H2,1-4H3,(H,11,14). The van der Waals surface area contributed by atoms with Gasteiger partial charge in [0.25, 0.3) is 0 Å². The fraction of sp³-hybridized carbons (Fsp3) is 0.800. The summed E-state index contributed by atoms with van der Waals surface area (Å²) in [5, 5.41) is 14.6. The summed E-state index contributed by atoms with van der Waals surface area (Å²) < 4.78 is 4.30. The molecule has 0 bridgehead atoms. The third-order valence-electron chi connectivity index (χ3n) is 1.75. The first-order valence-electron chi connectivity index (χ1n) is 5.04. The van der Waals surface area contributed by atoms with Crippen LogP contribution < -0.4 is 10.6 Å². The maximum Gasteiger partial charge on any atom is 0.336 e. The molecule has 16 heavy (non-hydrogen) atoms. The van der Waals surface area contributed by atoms with Crippen LogP contribution in [0, 0.1) is 0 Å². The van der Waals surface area contributed by atoms with E-state index < -0.39 is 12.1 Å². The van der Waals surface area contributed by atoms with Crippen molar-refractivity contribution in [1.82, 2.24) is 10.6 Å². The summed E-state index contributed by atoms with van der Waals surface area (Å²) in [7, 11) is 1.18. The first-order chi connectivity index (χ1) is 7.26. The molecule has 3 N–H and O–H groups in total. The molecule has 0 radical (unpaired) electrons. The highest BCUT2D eigenvalue weighted by atomic mass is 16.5. The van der Waals surface area contributed by atoms with Crippen LogP contribution in [-0.4, -0.2) is 48.8 Å². The van der Waals surface area contributed by atoms with Crippen LogP contribution in [0.25, 0.3) is 0 Å². The van der Waals surface area contributed by atoms with Crippen molar-refractivity contribution in [3.8, 4) is 0 Å². The number of nitrogens with one attached hydrogen (secondary N) is 2. The summed E-state index contributed by atoms with van der Waals surface area (Å²) in [5.74, 6) is -1.04. The minimum atomic E-state index is -1.32. The highest BCUT2D eigenvalue weighted by Gasteiger charge is 2.17. The first-order valence-corrected chi connectivity index (χ1v) is 5.04. The van der Waals surface area contributed by atoms with Gasteiger partial charge in [-0.05, 0) is 20.8 Å². The summed E-state index contributed by atoms with van der Waals surface area (Å²) in [6.45, 7) is 5.80. The SMILES string of the molecule is COC(=O)C(O)CNC(=O)CNC(C)(C)C. The quantitative estimate of drug-likeness (QED) is 0.531. The highest BCUT2D eigenvalue weighted by molar-refractivity contribution is 5.80. The Morgan fingerprint density at radius 2 is 1.94 bits per heavy atom. The van der Waals surface area contributed by atoms with Gasteiger partial charge in [-0.15, -0.1) is 0 Å². The van der Waals surface area contributed by atoms with Crippen molar-refractivity contribution < 1.29 is 19.4 Å². The van der Waals surface area contributed by atoms with Crippen molar-refractivity contribution in [2.75, 3.05) is 20.2 Å². The van der Waals surface area contributed by atoms with Crippen LogP contribution in [0.15, 0.2) is 0 Å². The highest BCUT2D eigenvalue weighted by Crippen LogP contribution is 1.96. The third kappa shape index (κ3) is 7.19. The summed E-state index contributed by atoms with van der Waals surface area (Å²) >= 11 is 0. The first kappa shape index (κ1) is 14.9. The fourth-order valence-corrected chi connectivity index (χ4v) is 0.838. The minimum absolute atomic E-state index is 0.136. The van der Waals surface area contributed by atoms with Crippen LogP contribution >= 0.6 is 0 Å². The number of rotatable bonds is 5. The van der Waals surface area contributed by atoms with E-state index in [1.54, 1.807) is 0 Å².